The van der Waals surface area contributed by atoms with Crippen molar-refractivity contribution in [1.82, 2.24) is 10.3 Å². The molecule has 3 N–H and O–H groups in total. The predicted octanol–water partition coefficient (Wildman–Crippen LogP) is 2.42. The van der Waals surface area contributed by atoms with Gasteiger partial charge in [-0.2, -0.15) is 0 Å². The van der Waals surface area contributed by atoms with Crippen LogP contribution in [0.15, 0.2) is 36.5 Å². The summed E-state index contributed by atoms with van der Waals surface area (Å²) < 4.78 is 13.1. The molecule has 2 aromatic rings. The quantitative estimate of drug-likeness (QED) is 0.873. The number of nitrogens with one attached hydrogen (secondary N) is 1. The normalized spacial score (nSPS) is 12.4. The molecule has 18 heavy (non-hydrogen) atoms. The van der Waals surface area contributed by atoms with Gasteiger partial charge in [-0.1, -0.05) is 12.1 Å². The number of aryl methyl sites for hydroxylation is 1. The molecule has 0 aliphatic heterocycles. The van der Waals surface area contributed by atoms with Crippen LogP contribution in [0.4, 0.5) is 10.2 Å². The van der Waals surface area contributed by atoms with Gasteiger partial charge in [-0.3, -0.25) is 0 Å². The van der Waals surface area contributed by atoms with Gasteiger partial charge in [0.2, 0.25) is 0 Å². The van der Waals surface area contributed by atoms with E-state index in [1.54, 1.807) is 12.3 Å². The molecule has 2 rings (SSSR count). The van der Waals surface area contributed by atoms with Gasteiger partial charge >= 0.3 is 0 Å². The summed E-state index contributed by atoms with van der Waals surface area (Å²) >= 11 is 0. The molecule has 0 aliphatic rings. The van der Waals surface area contributed by atoms with Crippen LogP contribution in [0.2, 0.25) is 0 Å². The van der Waals surface area contributed by atoms with E-state index in [9.17, 15) is 4.39 Å². The largest absolute Gasteiger partial charge is 0.383 e. The van der Waals surface area contributed by atoms with Gasteiger partial charge in [0.05, 0.1) is 6.04 Å². The van der Waals surface area contributed by atoms with Crippen LogP contribution in [0, 0.1) is 12.7 Å². The average Bonchev–Trinajstić information content (AvgIpc) is 2.34. The number of nitrogens with two attached hydrogens (primary N) is 1. The highest BCUT2D eigenvalue weighted by molar-refractivity contribution is 5.47. The molecule has 1 unspecified atom stereocenters. The number of hydrogen-bond acceptors (Lipinski definition) is 3. The number of nitrogens with zero attached hydrogens (tertiary/aromatic N) is 1. The average molecular weight is 245 g/mol. The molecule has 1 aromatic carbocycles. The number of benzene rings is 1. The first-order valence-corrected chi connectivity index (χ1v) is 5.77. The molecular weight excluding hydrogens is 229 g/mol. The summed E-state index contributed by atoms with van der Waals surface area (Å²) in [5.41, 5.74) is 8.67. The molecule has 3 nitrogen and oxygen atoms in total. The van der Waals surface area contributed by atoms with Gasteiger partial charge < -0.3 is 11.1 Å². The van der Waals surface area contributed by atoms with E-state index < -0.39 is 0 Å². The lowest BCUT2D eigenvalue weighted by Gasteiger charge is -2.20. The van der Waals surface area contributed by atoms with E-state index in [1.807, 2.05) is 26.1 Å². The van der Waals surface area contributed by atoms with Gasteiger partial charge in [-0.15, -0.1) is 0 Å². The van der Waals surface area contributed by atoms with Crippen LogP contribution in [0.1, 0.15) is 22.7 Å². The summed E-state index contributed by atoms with van der Waals surface area (Å²) in [6, 6.07) is 8.43. The topological polar surface area (TPSA) is 50.9 Å². The number of halogens is 1. The Labute approximate surface area is 106 Å². The highest BCUT2D eigenvalue weighted by atomic mass is 19.1. The third kappa shape index (κ3) is 2.33. The van der Waals surface area contributed by atoms with E-state index in [0.29, 0.717) is 5.82 Å². The van der Waals surface area contributed by atoms with Crippen molar-refractivity contribution in [3.63, 3.8) is 0 Å². The van der Waals surface area contributed by atoms with Crippen LogP contribution in [-0.2, 0) is 0 Å². The summed E-state index contributed by atoms with van der Waals surface area (Å²) in [7, 11) is 1.85. The number of aromatic nitrogens is 1. The molecule has 0 fully saturated rings. The molecule has 0 amide bonds. The summed E-state index contributed by atoms with van der Waals surface area (Å²) in [6.07, 6.45) is 1.66. The maximum atomic E-state index is 13.1. The van der Waals surface area contributed by atoms with Gasteiger partial charge in [0, 0.05) is 11.8 Å². The molecule has 0 radical (unpaired) electrons. The second-order valence-electron chi connectivity index (χ2n) is 4.20. The van der Waals surface area contributed by atoms with E-state index in [1.165, 1.54) is 12.1 Å². The highest BCUT2D eigenvalue weighted by Crippen LogP contribution is 2.27. The van der Waals surface area contributed by atoms with Gasteiger partial charge in [0.1, 0.15) is 11.6 Å². The third-order valence-electron chi connectivity index (χ3n) is 3.01. The highest BCUT2D eigenvalue weighted by Gasteiger charge is 2.17. The molecule has 4 heteroatoms. The Morgan fingerprint density at radius 2 is 2.06 bits per heavy atom. The van der Waals surface area contributed by atoms with E-state index in [4.69, 9.17) is 5.73 Å². The van der Waals surface area contributed by atoms with Gasteiger partial charge in [-0.25, -0.2) is 9.37 Å². The second-order valence-corrected chi connectivity index (χ2v) is 4.20. The fourth-order valence-electron chi connectivity index (χ4n) is 2.12. The van der Waals surface area contributed by atoms with Crippen LogP contribution in [0.3, 0.4) is 0 Å². The summed E-state index contributed by atoms with van der Waals surface area (Å²) in [5.74, 6) is 0.255. The van der Waals surface area contributed by atoms with Crippen molar-refractivity contribution in [3.05, 3.63) is 59.0 Å². The Morgan fingerprint density at radius 1 is 1.28 bits per heavy atom. The van der Waals surface area contributed by atoms with Crippen molar-refractivity contribution < 1.29 is 4.39 Å². The lowest BCUT2D eigenvalue weighted by atomic mass is 9.95. The Kier molecular flexibility index (Phi) is 3.58. The number of anilines is 1. The summed E-state index contributed by atoms with van der Waals surface area (Å²) in [5, 5.41) is 3.19. The monoisotopic (exact) mass is 245 g/mol. The van der Waals surface area contributed by atoms with E-state index in [2.05, 4.69) is 10.3 Å². The van der Waals surface area contributed by atoms with Crippen LogP contribution >= 0.6 is 0 Å². The number of rotatable bonds is 3. The Hall–Kier alpha value is -1.94. The van der Waals surface area contributed by atoms with Crippen molar-refractivity contribution in [2.75, 3.05) is 12.8 Å². The smallest absolute Gasteiger partial charge is 0.128 e. The molecular formula is C14H16FN3. The lowest BCUT2D eigenvalue weighted by molar-refractivity contribution is 0.621. The first-order valence-electron chi connectivity index (χ1n) is 5.77. The van der Waals surface area contributed by atoms with E-state index in [-0.39, 0.29) is 11.9 Å². The zero-order valence-corrected chi connectivity index (χ0v) is 10.4. The van der Waals surface area contributed by atoms with Crippen molar-refractivity contribution in [1.29, 1.82) is 0 Å². The van der Waals surface area contributed by atoms with Gasteiger partial charge in [0.15, 0.2) is 0 Å². The second kappa shape index (κ2) is 5.14. The molecule has 0 bridgehead atoms. The molecule has 1 atom stereocenters. The first-order chi connectivity index (χ1) is 8.63. The van der Waals surface area contributed by atoms with Crippen LogP contribution in [-0.4, -0.2) is 12.0 Å². The molecule has 0 saturated heterocycles. The predicted molar refractivity (Wildman–Crippen MR) is 70.7 cm³/mol. The van der Waals surface area contributed by atoms with E-state index >= 15 is 0 Å². The van der Waals surface area contributed by atoms with Crippen molar-refractivity contribution in [3.8, 4) is 0 Å². The lowest BCUT2D eigenvalue weighted by Crippen LogP contribution is -2.20. The van der Waals surface area contributed by atoms with E-state index in [0.717, 1.165) is 16.7 Å². The standard InChI is InChI=1S/C14H16FN3/c1-9-8-10(15)5-6-11(9)13(17-2)12-4-3-7-18-14(12)16/h3-8,13,17H,1-2H3,(H2,16,18). The van der Waals surface area contributed by atoms with Gasteiger partial charge in [-0.05, 0) is 43.3 Å². The molecule has 0 saturated carbocycles. The molecule has 0 aliphatic carbocycles. The SMILES string of the molecule is CNC(c1ccc(F)cc1C)c1cccnc1N. The minimum Gasteiger partial charge on any atom is -0.383 e. The van der Waals surface area contributed by atoms with Crippen LogP contribution in [0.5, 0.6) is 0 Å². The van der Waals surface area contributed by atoms with Crippen molar-refractivity contribution in [2.45, 2.75) is 13.0 Å². The Bertz CT molecular complexity index is 554. The molecule has 1 heterocycles. The Morgan fingerprint density at radius 3 is 2.67 bits per heavy atom. The maximum absolute atomic E-state index is 13.1. The Balaban J connectivity index is 2.49. The minimum atomic E-state index is -0.231. The summed E-state index contributed by atoms with van der Waals surface area (Å²) in [4.78, 5) is 4.08. The molecule has 1 aromatic heterocycles. The first kappa shape index (κ1) is 12.5. The van der Waals surface area contributed by atoms with Gasteiger partial charge in [0.25, 0.3) is 0 Å². The number of nitrogen functional groups attached to an aromatic ring is 1. The fourth-order valence-corrected chi connectivity index (χ4v) is 2.12. The minimum absolute atomic E-state index is 0.0840. The number of pyridine rings is 1. The summed E-state index contributed by atoms with van der Waals surface area (Å²) in [6.45, 7) is 1.88. The van der Waals surface area contributed by atoms with Crippen molar-refractivity contribution >= 4 is 5.82 Å². The molecule has 0 spiro atoms. The third-order valence-corrected chi connectivity index (χ3v) is 3.01. The maximum Gasteiger partial charge on any atom is 0.128 e. The van der Waals surface area contributed by atoms with Crippen molar-refractivity contribution in [2.24, 2.45) is 0 Å². The van der Waals surface area contributed by atoms with Crippen LogP contribution < -0.4 is 11.1 Å². The zero-order valence-electron chi connectivity index (χ0n) is 10.4. The number of hydrogen-bond donors (Lipinski definition) is 2. The van der Waals surface area contributed by atoms with Crippen LogP contribution in [0.25, 0.3) is 0 Å². The zero-order chi connectivity index (χ0) is 13.1. The molecule has 94 valence electrons. The fraction of sp³-hybridized carbons (Fsp3) is 0.214.